The monoisotopic (exact) mass is 478 g/mol. The van der Waals surface area contributed by atoms with Crippen molar-refractivity contribution in [1.29, 1.82) is 0 Å². The molecule has 3 aliphatic rings. The predicted octanol–water partition coefficient (Wildman–Crippen LogP) is 0.719. The summed E-state index contributed by atoms with van der Waals surface area (Å²) >= 11 is 0. The number of quaternary nitrogens is 1. The Bertz CT molecular complexity index is 850. The average Bonchev–Trinajstić information content (AvgIpc) is 3.45. The molecule has 3 aliphatic heterocycles. The third kappa shape index (κ3) is 5.70. The number of amides is 3. The highest BCUT2D eigenvalue weighted by molar-refractivity contribution is 6.13. The Balaban J connectivity index is 1.45. The van der Waals surface area contributed by atoms with E-state index in [1.54, 1.807) is 0 Å². The van der Waals surface area contributed by atoms with Gasteiger partial charge in [-0.25, -0.2) is 4.79 Å². The number of hydrazone groups is 1. The van der Waals surface area contributed by atoms with Gasteiger partial charge in [0, 0.05) is 45.9 Å². The standard InChI is InChI=1S/C23H39N7O4/c1-4-16(2)29(12-17-6-10-34-11-7-17)9-5-8-26-23(33)30-13-18(20(30)14-30)21(28-24)27-22(32)19(15-31)25-3/h15-17,25H,4-14,24H2,1-3H3,(H2-,26,27,28,31,32,33)/p+1. The van der Waals surface area contributed by atoms with Crippen LogP contribution in [0, 0.1) is 5.92 Å². The number of aliphatic hydroxyl groups excluding tert-OH is 1. The first kappa shape index (κ1) is 26.0. The van der Waals surface area contributed by atoms with Crippen LogP contribution in [0.15, 0.2) is 28.3 Å². The zero-order valence-electron chi connectivity index (χ0n) is 20.6. The number of amidine groups is 1. The van der Waals surface area contributed by atoms with Gasteiger partial charge in [-0.05, 0) is 38.5 Å². The maximum absolute atomic E-state index is 12.8. The smallest absolute Gasteiger partial charge is 0.422 e. The van der Waals surface area contributed by atoms with E-state index < -0.39 is 5.91 Å². The Morgan fingerprint density at radius 3 is 2.68 bits per heavy atom. The Morgan fingerprint density at radius 2 is 2.09 bits per heavy atom. The fourth-order valence-corrected chi connectivity index (χ4v) is 4.71. The number of hydrogen-bond donors (Lipinski definition) is 5. The molecule has 0 radical (unpaired) electrons. The number of nitrogens with zero attached hydrogens (tertiary/aromatic N) is 3. The topological polar surface area (TPSA) is 141 Å². The first-order valence-electron chi connectivity index (χ1n) is 12.2. The molecule has 0 aromatic heterocycles. The first-order valence-corrected chi connectivity index (χ1v) is 12.2. The number of nitrogens with two attached hydrogens (primary N) is 1. The molecule has 3 rings (SSSR count). The van der Waals surface area contributed by atoms with Crippen molar-refractivity contribution in [2.45, 2.75) is 45.6 Å². The summed E-state index contributed by atoms with van der Waals surface area (Å²) in [5.74, 6) is 5.83. The lowest BCUT2D eigenvalue weighted by Crippen LogP contribution is -2.51. The van der Waals surface area contributed by atoms with E-state index >= 15 is 0 Å². The molecule has 2 saturated heterocycles. The minimum absolute atomic E-state index is 0.0105. The molecule has 3 amide bonds. The summed E-state index contributed by atoms with van der Waals surface area (Å²) in [6.45, 7) is 9.95. The number of likely N-dealkylation sites (N-methyl/N-ethyl adjacent to an activating group) is 1. The summed E-state index contributed by atoms with van der Waals surface area (Å²) in [6.07, 6.45) is 4.94. The molecule has 11 heteroatoms. The number of carbonyl (C=O) groups is 2. The molecule has 2 unspecified atom stereocenters. The van der Waals surface area contributed by atoms with Crippen molar-refractivity contribution in [2.75, 3.05) is 53.0 Å². The van der Waals surface area contributed by atoms with Crippen LogP contribution >= 0.6 is 0 Å². The molecule has 0 aromatic carbocycles. The van der Waals surface area contributed by atoms with Gasteiger partial charge in [0.1, 0.15) is 24.1 Å². The van der Waals surface area contributed by atoms with Crippen LogP contribution in [0.2, 0.25) is 0 Å². The number of rotatable bonds is 11. The van der Waals surface area contributed by atoms with Gasteiger partial charge in [0.15, 0.2) is 18.1 Å². The van der Waals surface area contributed by atoms with E-state index in [2.05, 4.69) is 39.8 Å². The number of aliphatic hydroxyl groups is 1. The number of ether oxygens (including phenoxy) is 1. The second-order valence-corrected chi connectivity index (χ2v) is 9.33. The molecule has 2 fully saturated rings. The summed E-state index contributed by atoms with van der Waals surface area (Å²) in [5.41, 5.74) is 1.68. The van der Waals surface area contributed by atoms with E-state index in [9.17, 15) is 9.59 Å². The van der Waals surface area contributed by atoms with Gasteiger partial charge in [-0.3, -0.25) is 4.79 Å². The third-order valence-corrected chi connectivity index (χ3v) is 7.23. The lowest BCUT2D eigenvalue weighted by atomic mass is 9.98. The van der Waals surface area contributed by atoms with Crippen LogP contribution in [0.1, 0.15) is 39.5 Å². The Hall–Kier alpha value is -2.63. The highest BCUT2D eigenvalue weighted by Gasteiger charge is 2.68. The molecule has 0 spiro atoms. The zero-order valence-corrected chi connectivity index (χ0v) is 20.6. The first-order chi connectivity index (χ1) is 16.4. The van der Waals surface area contributed by atoms with Gasteiger partial charge in [0.05, 0.1) is 0 Å². The van der Waals surface area contributed by atoms with Crippen LogP contribution in [0.25, 0.3) is 0 Å². The van der Waals surface area contributed by atoms with Gasteiger partial charge in [-0.2, -0.15) is 9.58 Å². The molecule has 0 aliphatic carbocycles. The van der Waals surface area contributed by atoms with Crippen molar-refractivity contribution in [2.24, 2.45) is 16.9 Å². The van der Waals surface area contributed by atoms with Crippen molar-refractivity contribution in [3.8, 4) is 0 Å². The van der Waals surface area contributed by atoms with E-state index in [-0.39, 0.29) is 22.0 Å². The molecular formula is C23H40N7O4+. The minimum Gasteiger partial charge on any atom is -0.513 e. The molecule has 2 atom stereocenters. The van der Waals surface area contributed by atoms with Crippen molar-refractivity contribution >= 4 is 17.8 Å². The number of hydrogen-bond acceptors (Lipinski definition) is 8. The van der Waals surface area contributed by atoms with E-state index in [1.807, 2.05) is 0 Å². The summed E-state index contributed by atoms with van der Waals surface area (Å²) in [4.78, 5) is 27.5. The van der Waals surface area contributed by atoms with Gasteiger partial charge < -0.3 is 36.5 Å². The molecule has 34 heavy (non-hydrogen) atoms. The second-order valence-electron chi connectivity index (χ2n) is 9.33. The SMILES string of the molecule is CCC(C)N(CCCNC(=O)[N+]12CC(/C(=N\N)NC(=O)/C(=C/O)NC)=C1C2)CC1CCOCC1. The molecule has 3 heterocycles. The molecular weight excluding hydrogens is 438 g/mol. The van der Waals surface area contributed by atoms with Crippen LogP contribution in [-0.4, -0.2) is 91.3 Å². The maximum atomic E-state index is 12.8. The molecule has 11 nitrogen and oxygen atoms in total. The Labute approximate surface area is 201 Å². The third-order valence-electron chi connectivity index (χ3n) is 7.23. The van der Waals surface area contributed by atoms with Crippen LogP contribution in [-0.2, 0) is 9.53 Å². The van der Waals surface area contributed by atoms with Crippen molar-refractivity contribution in [3.05, 3.63) is 23.2 Å². The van der Waals surface area contributed by atoms with Gasteiger partial charge in [-0.1, -0.05) is 6.92 Å². The van der Waals surface area contributed by atoms with Crippen LogP contribution in [0.5, 0.6) is 0 Å². The van der Waals surface area contributed by atoms with Crippen LogP contribution < -0.4 is 21.8 Å². The quantitative estimate of drug-likeness (QED) is 0.0339. The number of nitrogens with one attached hydrogen (secondary N) is 3. The summed E-state index contributed by atoms with van der Waals surface area (Å²) in [5, 5.41) is 21.0. The molecule has 190 valence electrons. The molecule has 0 aromatic rings. The summed E-state index contributed by atoms with van der Waals surface area (Å²) in [7, 11) is 1.52. The van der Waals surface area contributed by atoms with Gasteiger partial charge >= 0.3 is 6.03 Å². The minimum atomic E-state index is -0.552. The predicted molar refractivity (Wildman–Crippen MR) is 129 cm³/mol. The largest absolute Gasteiger partial charge is 0.513 e. The fraction of sp³-hybridized carbons (Fsp3) is 0.696. The van der Waals surface area contributed by atoms with Crippen molar-refractivity contribution in [1.82, 2.24) is 20.9 Å². The van der Waals surface area contributed by atoms with Gasteiger partial charge in [0.2, 0.25) is 0 Å². The van der Waals surface area contributed by atoms with E-state index in [1.165, 1.54) is 7.05 Å². The Kier molecular flexibility index (Phi) is 8.92. The number of carbonyl (C=O) groups excluding carboxylic acids is 2. The number of fused-ring (bicyclic) bond motifs is 1. The van der Waals surface area contributed by atoms with E-state index in [0.29, 0.717) is 37.9 Å². The lowest BCUT2D eigenvalue weighted by molar-refractivity contribution is -0.701. The fourth-order valence-electron chi connectivity index (χ4n) is 4.71. The van der Waals surface area contributed by atoms with Gasteiger partial charge in [-0.15, -0.1) is 0 Å². The maximum Gasteiger partial charge on any atom is 0.422 e. The molecule has 0 saturated carbocycles. The zero-order chi connectivity index (χ0) is 24.7. The summed E-state index contributed by atoms with van der Waals surface area (Å²) < 4.78 is 5.75. The van der Waals surface area contributed by atoms with Crippen LogP contribution in [0.4, 0.5) is 4.79 Å². The Morgan fingerprint density at radius 1 is 1.35 bits per heavy atom. The summed E-state index contributed by atoms with van der Waals surface area (Å²) in [6, 6.07) is 0.500. The van der Waals surface area contributed by atoms with E-state index in [0.717, 1.165) is 63.3 Å². The van der Waals surface area contributed by atoms with Crippen LogP contribution in [0.3, 0.4) is 0 Å². The van der Waals surface area contributed by atoms with Crippen molar-refractivity contribution < 1.29 is 23.9 Å². The lowest BCUT2D eigenvalue weighted by Gasteiger charge is -2.33. The van der Waals surface area contributed by atoms with E-state index in [4.69, 9.17) is 15.7 Å². The van der Waals surface area contributed by atoms with Crippen molar-refractivity contribution in [3.63, 3.8) is 0 Å². The number of urea groups is 1. The highest BCUT2D eigenvalue weighted by Crippen LogP contribution is 2.48. The molecule has 0 bridgehead atoms. The average molecular weight is 479 g/mol. The molecule has 6 N–H and O–H groups in total. The van der Waals surface area contributed by atoms with Gasteiger partial charge in [0.25, 0.3) is 5.91 Å². The second kappa shape index (κ2) is 11.7. The normalized spacial score (nSPS) is 23.8. The highest BCUT2D eigenvalue weighted by atomic mass is 16.5.